The molecule has 0 aromatic heterocycles. The molecule has 0 bridgehead atoms. The van der Waals surface area contributed by atoms with E-state index in [0.29, 0.717) is 6.42 Å². The Bertz CT molecular complexity index is 1150. The number of amides is 1. The van der Waals surface area contributed by atoms with Crippen LogP contribution >= 0.6 is 11.8 Å². The van der Waals surface area contributed by atoms with Crippen molar-refractivity contribution < 1.29 is 9.59 Å². The number of fused-ring (bicyclic) bond motifs is 3. The Morgan fingerprint density at radius 2 is 1.71 bits per heavy atom. The summed E-state index contributed by atoms with van der Waals surface area (Å²) >= 11 is 1.63. The molecule has 3 aromatic carbocycles. The number of hydrogen-bond acceptors (Lipinski definition) is 3. The van der Waals surface area contributed by atoms with E-state index in [4.69, 9.17) is 0 Å². The quantitative estimate of drug-likeness (QED) is 0.639. The molecule has 28 heavy (non-hydrogen) atoms. The summed E-state index contributed by atoms with van der Waals surface area (Å²) in [5.41, 5.74) is 1.12. The minimum atomic E-state index is -0.796. The van der Waals surface area contributed by atoms with Crippen LogP contribution in [0.1, 0.15) is 12.0 Å². The number of hydrogen-bond donors (Lipinski definition) is 0. The zero-order valence-electron chi connectivity index (χ0n) is 15.5. The van der Waals surface area contributed by atoms with Crippen molar-refractivity contribution in [3.63, 3.8) is 0 Å². The molecule has 1 aliphatic heterocycles. The van der Waals surface area contributed by atoms with Crippen molar-refractivity contribution >= 4 is 39.9 Å². The first-order chi connectivity index (χ1) is 13.6. The highest BCUT2D eigenvalue weighted by molar-refractivity contribution is 8.00. The Morgan fingerprint density at radius 3 is 2.57 bits per heavy atom. The number of allylic oxidation sites excluding steroid dienone is 1. The van der Waals surface area contributed by atoms with E-state index in [1.807, 2.05) is 49.5 Å². The Kier molecular flexibility index (Phi) is 3.91. The van der Waals surface area contributed by atoms with Crippen molar-refractivity contribution in [1.82, 2.24) is 0 Å². The van der Waals surface area contributed by atoms with Crippen LogP contribution in [0, 0.1) is 0 Å². The Balaban J connectivity index is 1.62. The standard InChI is InChI=1S/C24H19NO2S/c1-25-21-9-5-4-8-20(21)24(23(25)27)13-12-18(26)15-22(24)28-19-11-10-16-6-2-3-7-17(16)14-19/h2-14,22H,15H2,1H3. The molecule has 1 heterocycles. The molecule has 2 unspecified atom stereocenters. The average Bonchev–Trinajstić information content (AvgIpc) is 2.93. The maximum absolute atomic E-state index is 13.4. The molecule has 0 radical (unpaired) electrons. The Morgan fingerprint density at radius 1 is 0.964 bits per heavy atom. The SMILES string of the molecule is CN1C(=O)C2(C=CC(=O)CC2Sc2ccc3ccccc3c2)c2ccccc21. The van der Waals surface area contributed by atoms with Gasteiger partial charge < -0.3 is 4.90 Å². The van der Waals surface area contributed by atoms with Crippen molar-refractivity contribution in [2.24, 2.45) is 0 Å². The monoisotopic (exact) mass is 385 g/mol. The van der Waals surface area contributed by atoms with Gasteiger partial charge in [0.2, 0.25) is 5.91 Å². The van der Waals surface area contributed by atoms with Gasteiger partial charge in [-0.3, -0.25) is 9.59 Å². The third-order valence-corrected chi connectivity index (χ3v) is 7.14. The lowest BCUT2D eigenvalue weighted by Crippen LogP contribution is -2.47. The van der Waals surface area contributed by atoms with Crippen LogP contribution in [0.5, 0.6) is 0 Å². The highest BCUT2D eigenvalue weighted by Crippen LogP contribution is 2.51. The van der Waals surface area contributed by atoms with Gasteiger partial charge in [0.05, 0.1) is 0 Å². The third-order valence-electron chi connectivity index (χ3n) is 5.80. The molecule has 3 aromatic rings. The molecule has 138 valence electrons. The second-order valence-electron chi connectivity index (χ2n) is 7.37. The van der Waals surface area contributed by atoms with Gasteiger partial charge in [-0.1, -0.05) is 54.6 Å². The topological polar surface area (TPSA) is 37.4 Å². The number of nitrogens with zero attached hydrogens (tertiary/aromatic N) is 1. The Labute approximate surface area is 168 Å². The van der Waals surface area contributed by atoms with Crippen LogP contribution in [0.4, 0.5) is 5.69 Å². The van der Waals surface area contributed by atoms with Crippen LogP contribution in [-0.4, -0.2) is 24.0 Å². The van der Waals surface area contributed by atoms with Gasteiger partial charge in [0.1, 0.15) is 5.41 Å². The number of likely N-dealkylation sites (N-methyl/N-ethyl adjacent to an activating group) is 1. The Hall–Kier alpha value is -2.85. The summed E-state index contributed by atoms with van der Waals surface area (Å²) < 4.78 is 0. The lowest BCUT2D eigenvalue weighted by atomic mass is 9.73. The smallest absolute Gasteiger partial charge is 0.242 e. The van der Waals surface area contributed by atoms with Gasteiger partial charge in [-0.05, 0) is 40.6 Å². The predicted octanol–water partition coefficient (Wildman–Crippen LogP) is 4.74. The minimum Gasteiger partial charge on any atom is -0.314 e. The summed E-state index contributed by atoms with van der Waals surface area (Å²) in [6.45, 7) is 0. The highest BCUT2D eigenvalue weighted by atomic mass is 32.2. The van der Waals surface area contributed by atoms with Crippen molar-refractivity contribution in [3.8, 4) is 0 Å². The molecular weight excluding hydrogens is 366 g/mol. The number of anilines is 1. The van der Waals surface area contributed by atoms with Gasteiger partial charge in [-0.25, -0.2) is 0 Å². The molecule has 0 saturated carbocycles. The summed E-state index contributed by atoms with van der Waals surface area (Å²) in [4.78, 5) is 28.5. The van der Waals surface area contributed by atoms with Gasteiger partial charge in [0, 0.05) is 29.3 Å². The summed E-state index contributed by atoms with van der Waals surface area (Å²) in [5.74, 6) is 0.111. The van der Waals surface area contributed by atoms with E-state index in [-0.39, 0.29) is 16.9 Å². The van der Waals surface area contributed by atoms with E-state index in [2.05, 4.69) is 30.3 Å². The molecule has 2 aliphatic rings. The lowest BCUT2D eigenvalue weighted by Gasteiger charge is -2.35. The second kappa shape index (κ2) is 6.35. The predicted molar refractivity (Wildman–Crippen MR) is 114 cm³/mol. The molecular formula is C24H19NO2S. The van der Waals surface area contributed by atoms with E-state index in [1.165, 1.54) is 5.39 Å². The van der Waals surface area contributed by atoms with Crippen LogP contribution in [0.2, 0.25) is 0 Å². The number of carbonyl (C=O) groups excluding carboxylic acids is 2. The van der Waals surface area contributed by atoms with Crippen molar-refractivity contribution in [2.45, 2.75) is 22.0 Å². The summed E-state index contributed by atoms with van der Waals surface area (Å²) in [6, 6.07) is 22.5. The lowest BCUT2D eigenvalue weighted by molar-refractivity contribution is -0.122. The zero-order valence-corrected chi connectivity index (χ0v) is 16.3. The molecule has 0 N–H and O–H groups in total. The van der Waals surface area contributed by atoms with Crippen molar-refractivity contribution in [2.75, 3.05) is 11.9 Å². The number of thioether (sulfide) groups is 1. The van der Waals surface area contributed by atoms with Gasteiger partial charge in [-0.15, -0.1) is 11.8 Å². The van der Waals surface area contributed by atoms with Crippen LogP contribution < -0.4 is 4.90 Å². The van der Waals surface area contributed by atoms with E-state index >= 15 is 0 Å². The maximum Gasteiger partial charge on any atom is 0.242 e. The fourth-order valence-electron chi connectivity index (χ4n) is 4.37. The number of rotatable bonds is 2. The fraction of sp³-hybridized carbons (Fsp3) is 0.167. The first-order valence-corrected chi connectivity index (χ1v) is 10.2. The van der Waals surface area contributed by atoms with E-state index in [9.17, 15) is 9.59 Å². The second-order valence-corrected chi connectivity index (χ2v) is 8.65. The molecule has 1 spiro atoms. The normalized spacial score (nSPS) is 23.6. The van der Waals surface area contributed by atoms with E-state index < -0.39 is 5.41 Å². The molecule has 1 aliphatic carbocycles. The van der Waals surface area contributed by atoms with E-state index in [0.717, 1.165) is 21.5 Å². The number of ketones is 1. The van der Waals surface area contributed by atoms with Gasteiger partial charge in [0.15, 0.2) is 5.78 Å². The molecule has 0 fully saturated rings. The highest BCUT2D eigenvalue weighted by Gasteiger charge is 2.55. The number of carbonyl (C=O) groups is 2. The molecule has 5 rings (SSSR count). The summed E-state index contributed by atoms with van der Waals surface area (Å²) in [7, 11) is 1.82. The van der Waals surface area contributed by atoms with Gasteiger partial charge in [0.25, 0.3) is 0 Å². The molecule has 1 amide bonds. The fourth-order valence-corrected chi connectivity index (χ4v) is 5.78. The number of para-hydroxylation sites is 1. The molecule has 0 saturated heterocycles. The molecule has 2 atom stereocenters. The van der Waals surface area contributed by atoms with Crippen LogP contribution in [0.3, 0.4) is 0 Å². The maximum atomic E-state index is 13.4. The average molecular weight is 385 g/mol. The summed E-state index contributed by atoms with van der Waals surface area (Å²) in [5, 5.41) is 2.17. The molecule has 4 heteroatoms. The molecule has 3 nitrogen and oxygen atoms in total. The van der Waals surface area contributed by atoms with Gasteiger partial charge in [-0.2, -0.15) is 0 Å². The van der Waals surface area contributed by atoms with E-state index in [1.54, 1.807) is 22.7 Å². The van der Waals surface area contributed by atoms with Crippen LogP contribution in [-0.2, 0) is 15.0 Å². The van der Waals surface area contributed by atoms with Crippen LogP contribution in [0.15, 0.2) is 83.8 Å². The van der Waals surface area contributed by atoms with Crippen LogP contribution in [0.25, 0.3) is 10.8 Å². The zero-order chi connectivity index (χ0) is 19.3. The van der Waals surface area contributed by atoms with Gasteiger partial charge >= 0.3 is 0 Å². The number of benzene rings is 3. The summed E-state index contributed by atoms with van der Waals surface area (Å²) in [6.07, 6.45) is 3.77. The first-order valence-electron chi connectivity index (χ1n) is 9.35. The third kappa shape index (κ3) is 2.45. The first kappa shape index (κ1) is 17.3. The largest absolute Gasteiger partial charge is 0.314 e. The minimum absolute atomic E-state index is 0.0377. The van der Waals surface area contributed by atoms with Crippen molar-refractivity contribution in [1.29, 1.82) is 0 Å². The van der Waals surface area contributed by atoms with Crippen molar-refractivity contribution in [3.05, 3.63) is 84.4 Å².